The second kappa shape index (κ2) is 6.00. The lowest BCUT2D eigenvalue weighted by Gasteiger charge is -2.07. The lowest BCUT2D eigenvalue weighted by Crippen LogP contribution is -2.13. The average Bonchev–Trinajstić information content (AvgIpc) is 3.20. The van der Waals surface area contributed by atoms with Crippen LogP contribution in [-0.4, -0.2) is 31.7 Å². The van der Waals surface area contributed by atoms with E-state index in [2.05, 4.69) is 19.7 Å². The number of nitrogens with one attached hydrogen (secondary N) is 2. The number of aryl methyl sites for hydroxylation is 1. The van der Waals surface area contributed by atoms with Crippen LogP contribution in [0.25, 0.3) is 10.9 Å². The summed E-state index contributed by atoms with van der Waals surface area (Å²) in [6, 6.07) is 6.17. The van der Waals surface area contributed by atoms with Gasteiger partial charge < -0.3 is 9.15 Å². The van der Waals surface area contributed by atoms with Crippen molar-refractivity contribution in [1.82, 2.24) is 10.2 Å². The molecule has 24 heavy (non-hydrogen) atoms. The van der Waals surface area contributed by atoms with Crippen LogP contribution in [0.2, 0.25) is 0 Å². The van der Waals surface area contributed by atoms with E-state index in [9.17, 15) is 13.2 Å². The van der Waals surface area contributed by atoms with Crippen LogP contribution in [0.15, 0.2) is 39.8 Å². The van der Waals surface area contributed by atoms with Gasteiger partial charge in [-0.05, 0) is 18.2 Å². The summed E-state index contributed by atoms with van der Waals surface area (Å²) in [7, 11) is -2.72. The largest absolute Gasteiger partial charge is 0.463 e. The number of hydrogen-bond donors (Lipinski definition) is 2. The van der Waals surface area contributed by atoms with E-state index in [0.717, 1.165) is 5.39 Å². The highest BCUT2D eigenvalue weighted by atomic mass is 32.2. The maximum atomic E-state index is 12.6. The molecule has 0 fully saturated rings. The van der Waals surface area contributed by atoms with Gasteiger partial charge in [0.1, 0.15) is 10.7 Å². The highest BCUT2D eigenvalue weighted by molar-refractivity contribution is 7.92. The highest BCUT2D eigenvalue weighted by Gasteiger charge is 2.25. The molecule has 0 spiro atoms. The summed E-state index contributed by atoms with van der Waals surface area (Å²) in [5, 5.41) is 7.52. The number of carbonyl (C=O) groups is 1. The lowest BCUT2D eigenvalue weighted by atomic mass is 10.2. The van der Waals surface area contributed by atoms with Gasteiger partial charge in [-0.1, -0.05) is 6.92 Å². The molecule has 9 heteroatoms. The van der Waals surface area contributed by atoms with Crippen LogP contribution in [0, 0.1) is 0 Å². The predicted molar refractivity (Wildman–Crippen MR) is 86.3 cm³/mol. The van der Waals surface area contributed by atoms with Crippen LogP contribution in [0.1, 0.15) is 23.2 Å². The van der Waals surface area contributed by atoms with Crippen LogP contribution in [0.3, 0.4) is 0 Å². The van der Waals surface area contributed by atoms with E-state index in [-0.39, 0.29) is 16.4 Å². The smallest absolute Gasteiger partial charge is 0.373 e. The second-order valence-corrected chi connectivity index (χ2v) is 6.67. The summed E-state index contributed by atoms with van der Waals surface area (Å²) < 4.78 is 37.6. The zero-order valence-corrected chi connectivity index (χ0v) is 13.8. The third-order valence-corrected chi connectivity index (χ3v) is 4.89. The molecular formula is C15H15N3O5S. The number of hydrogen-bond acceptors (Lipinski definition) is 6. The molecule has 0 saturated heterocycles. The number of aromatic amines is 1. The Kier molecular flexibility index (Phi) is 4.02. The number of furan rings is 1. The number of anilines is 1. The Morgan fingerprint density at radius 3 is 2.88 bits per heavy atom. The van der Waals surface area contributed by atoms with Crippen LogP contribution < -0.4 is 4.72 Å². The minimum atomic E-state index is -3.91. The number of aromatic nitrogens is 2. The number of rotatable bonds is 5. The van der Waals surface area contributed by atoms with Crippen molar-refractivity contribution in [3.05, 3.63) is 42.0 Å². The molecule has 2 N–H and O–H groups in total. The summed E-state index contributed by atoms with van der Waals surface area (Å²) >= 11 is 0. The number of methoxy groups -OCH3 is 1. The normalized spacial score (nSPS) is 11.6. The molecule has 1 aromatic carbocycles. The Labute approximate surface area is 137 Å². The Balaban J connectivity index is 1.97. The van der Waals surface area contributed by atoms with Crippen molar-refractivity contribution >= 4 is 32.6 Å². The van der Waals surface area contributed by atoms with Gasteiger partial charge in [0.2, 0.25) is 5.76 Å². The maximum Gasteiger partial charge on any atom is 0.373 e. The number of carbonyl (C=O) groups excluding carboxylic acids is 1. The number of nitrogens with zero attached hydrogens (tertiary/aromatic N) is 1. The highest BCUT2D eigenvalue weighted by Crippen LogP contribution is 2.25. The molecule has 0 amide bonds. The molecule has 0 bridgehead atoms. The van der Waals surface area contributed by atoms with Gasteiger partial charge in [0.05, 0.1) is 24.5 Å². The summed E-state index contributed by atoms with van der Waals surface area (Å²) in [5.74, 6) is -0.700. The van der Waals surface area contributed by atoms with Gasteiger partial charge in [0.15, 0.2) is 0 Å². The third-order valence-electron chi connectivity index (χ3n) is 3.46. The molecule has 0 saturated carbocycles. The van der Waals surface area contributed by atoms with Crippen molar-refractivity contribution in [1.29, 1.82) is 0 Å². The van der Waals surface area contributed by atoms with Gasteiger partial charge in [-0.2, -0.15) is 5.10 Å². The molecule has 126 valence electrons. The van der Waals surface area contributed by atoms with Crippen molar-refractivity contribution in [2.24, 2.45) is 0 Å². The van der Waals surface area contributed by atoms with E-state index >= 15 is 0 Å². The number of benzene rings is 1. The molecule has 2 heterocycles. The minimum Gasteiger partial charge on any atom is -0.463 e. The van der Waals surface area contributed by atoms with Crippen LogP contribution in [0.5, 0.6) is 0 Å². The zero-order chi connectivity index (χ0) is 17.3. The molecule has 0 unspecified atom stereocenters. The molecule has 3 aromatic rings. The van der Waals surface area contributed by atoms with Gasteiger partial charge >= 0.3 is 5.97 Å². The van der Waals surface area contributed by atoms with Gasteiger partial charge in [0, 0.05) is 17.9 Å². The summed E-state index contributed by atoms with van der Waals surface area (Å²) in [6.07, 6.45) is 1.95. The summed E-state index contributed by atoms with van der Waals surface area (Å²) in [4.78, 5) is 11.5. The van der Waals surface area contributed by atoms with E-state index in [1.807, 2.05) is 0 Å². The molecule has 0 radical (unpaired) electrons. The van der Waals surface area contributed by atoms with E-state index in [0.29, 0.717) is 17.6 Å². The fraction of sp³-hybridized carbons (Fsp3) is 0.200. The molecule has 0 aliphatic carbocycles. The second-order valence-electron chi connectivity index (χ2n) is 5.02. The molecule has 8 nitrogen and oxygen atoms in total. The van der Waals surface area contributed by atoms with Crippen LogP contribution >= 0.6 is 0 Å². The monoisotopic (exact) mass is 349 g/mol. The van der Waals surface area contributed by atoms with Crippen LogP contribution in [-0.2, 0) is 21.2 Å². The first-order valence-corrected chi connectivity index (χ1v) is 8.60. The molecular weight excluding hydrogens is 334 g/mol. The zero-order valence-electron chi connectivity index (χ0n) is 13.0. The molecule has 2 aromatic heterocycles. The first-order valence-electron chi connectivity index (χ1n) is 7.11. The fourth-order valence-electron chi connectivity index (χ4n) is 2.30. The Bertz CT molecular complexity index is 1000. The minimum absolute atomic E-state index is 0.0879. The number of sulfonamides is 1. The van der Waals surface area contributed by atoms with Gasteiger partial charge in [-0.3, -0.25) is 9.82 Å². The molecule has 0 aliphatic rings. The van der Waals surface area contributed by atoms with Crippen LogP contribution in [0.4, 0.5) is 5.69 Å². The average molecular weight is 349 g/mol. The Morgan fingerprint density at radius 2 is 2.17 bits per heavy atom. The third kappa shape index (κ3) is 2.85. The van der Waals surface area contributed by atoms with Gasteiger partial charge in [-0.25, -0.2) is 13.2 Å². The van der Waals surface area contributed by atoms with Crippen molar-refractivity contribution < 1.29 is 22.4 Å². The molecule has 0 atom stereocenters. The lowest BCUT2D eigenvalue weighted by molar-refractivity contribution is 0.0563. The van der Waals surface area contributed by atoms with Crippen molar-refractivity contribution in [3.8, 4) is 0 Å². The van der Waals surface area contributed by atoms with Crippen molar-refractivity contribution in [2.75, 3.05) is 11.8 Å². The SMILES string of the molecule is CCc1oc(C(=O)OC)cc1S(=O)(=O)Nc1ccc2cn[nH]c2c1. The predicted octanol–water partition coefficient (Wildman–Crippen LogP) is 2.31. The summed E-state index contributed by atoms with van der Waals surface area (Å²) in [6.45, 7) is 1.73. The fourth-order valence-corrected chi connectivity index (χ4v) is 3.59. The number of ether oxygens (including phenoxy) is 1. The Hall–Kier alpha value is -2.81. The van der Waals surface area contributed by atoms with Gasteiger partial charge in [0.25, 0.3) is 10.0 Å². The van der Waals surface area contributed by atoms with Crippen molar-refractivity contribution in [3.63, 3.8) is 0 Å². The number of esters is 1. The van der Waals surface area contributed by atoms with E-state index in [4.69, 9.17) is 4.42 Å². The Morgan fingerprint density at radius 1 is 1.38 bits per heavy atom. The molecule has 0 aliphatic heterocycles. The first-order chi connectivity index (χ1) is 11.4. The van der Waals surface area contributed by atoms with E-state index < -0.39 is 16.0 Å². The molecule has 3 rings (SSSR count). The van der Waals surface area contributed by atoms with E-state index in [1.54, 1.807) is 31.3 Å². The standard InChI is InChI=1S/C15H15N3O5S/c1-3-12-14(7-13(23-12)15(19)22-2)24(20,21)18-10-5-4-9-8-16-17-11(9)6-10/h4-8,18H,3H2,1-2H3,(H,16,17). The first kappa shape index (κ1) is 16.1. The quantitative estimate of drug-likeness (QED) is 0.683. The number of H-pyrrole nitrogens is 1. The van der Waals surface area contributed by atoms with Gasteiger partial charge in [-0.15, -0.1) is 0 Å². The topological polar surface area (TPSA) is 114 Å². The van der Waals surface area contributed by atoms with Crippen molar-refractivity contribution in [2.45, 2.75) is 18.2 Å². The summed E-state index contributed by atoms with van der Waals surface area (Å²) in [5.41, 5.74) is 1.07. The van der Waals surface area contributed by atoms with E-state index in [1.165, 1.54) is 13.2 Å². The number of fused-ring (bicyclic) bond motifs is 1. The maximum absolute atomic E-state index is 12.6.